The molecule has 2 aromatic rings. The van der Waals surface area contributed by atoms with Gasteiger partial charge in [0, 0.05) is 19.9 Å². The lowest BCUT2D eigenvalue weighted by molar-refractivity contribution is -0.120. The first-order valence-corrected chi connectivity index (χ1v) is 6.83. The van der Waals surface area contributed by atoms with Crippen LogP contribution in [-0.2, 0) is 9.53 Å². The molecule has 0 aliphatic rings. The Morgan fingerprint density at radius 3 is 3.16 bits per heavy atom. The number of fused-ring (bicyclic) bond motifs is 1. The predicted molar refractivity (Wildman–Crippen MR) is 73.2 cm³/mol. The second-order valence-electron chi connectivity index (χ2n) is 3.96. The first-order chi connectivity index (χ1) is 9.22. The van der Waals surface area contributed by atoms with Crippen LogP contribution in [0.2, 0.25) is 0 Å². The van der Waals surface area contributed by atoms with Crippen molar-refractivity contribution in [2.75, 3.05) is 20.3 Å². The lowest BCUT2D eigenvalue weighted by Crippen LogP contribution is -2.33. The standard InChI is InChI=1S/C12H16N4O2S/c1-9(11(17)13-6-8-18-2)19-12-15-14-10-5-3-4-7-16(10)12/h3-5,7,9H,6,8H2,1-2H3,(H,13,17)/t9-/m1/s1. The number of methoxy groups -OCH3 is 1. The van der Waals surface area contributed by atoms with Gasteiger partial charge in [0.05, 0.1) is 11.9 Å². The van der Waals surface area contributed by atoms with E-state index in [1.54, 1.807) is 7.11 Å². The summed E-state index contributed by atoms with van der Waals surface area (Å²) < 4.78 is 6.75. The van der Waals surface area contributed by atoms with E-state index in [9.17, 15) is 4.79 Å². The number of aromatic nitrogens is 3. The first-order valence-electron chi connectivity index (χ1n) is 5.95. The van der Waals surface area contributed by atoms with E-state index < -0.39 is 0 Å². The van der Waals surface area contributed by atoms with Crippen molar-refractivity contribution < 1.29 is 9.53 Å². The van der Waals surface area contributed by atoms with E-state index in [2.05, 4.69) is 15.5 Å². The van der Waals surface area contributed by atoms with Crippen molar-refractivity contribution in [3.05, 3.63) is 24.4 Å². The zero-order chi connectivity index (χ0) is 13.7. The molecule has 0 spiro atoms. The molecule has 0 saturated heterocycles. The molecule has 2 rings (SSSR count). The Balaban J connectivity index is 1.98. The summed E-state index contributed by atoms with van der Waals surface area (Å²) >= 11 is 1.38. The number of pyridine rings is 1. The van der Waals surface area contributed by atoms with Crippen molar-refractivity contribution in [1.82, 2.24) is 19.9 Å². The van der Waals surface area contributed by atoms with Gasteiger partial charge in [-0.25, -0.2) is 0 Å². The molecule has 1 N–H and O–H groups in total. The fraction of sp³-hybridized carbons (Fsp3) is 0.417. The fourth-order valence-corrected chi connectivity index (χ4v) is 2.39. The SMILES string of the molecule is COCCNC(=O)[C@@H](C)Sc1nnc2ccccn12. The molecule has 0 aliphatic heterocycles. The van der Waals surface area contributed by atoms with Gasteiger partial charge < -0.3 is 10.1 Å². The molecule has 0 aliphatic carbocycles. The van der Waals surface area contributed by atoms with Crippen LogP contribution >= 0.6 is 11.8 Å². The van der Waals surface area contributed by atoms with E-state index in [0.29, 0.717) is 18.3 Å². The molecule has 19 heavy (non-hydrogen) atoms. The number of carbonyl (C=O) groups is 1. The smallest absolute Gasteiger partial charge is 0.233 e. The molecule has 0 fully saturated rings. The minimum atomic E-state index is -0.232. The third-order valence-electron chi connectivity index (χ3n) is 2.54. The molecule has 7 heteroatoms. The summed E-state index contributed by atoms with van der Waals surface area (Å²) in [7, 11) is 1.60. The number of amides is 1. The van der Waals surface area contributed by atoms with Crippen LogP contribution in [0.15, 0.2) is 29.6 Å². The predicted octanol–water partition coefficient (Wildman–Crippen LogP) is 0.972. The molecule has 0 saturated carbocycles. The summed E-state index contributed by atoms with van der Waals surface area (Å²) in [6, 6.07) is 5.68. The van der Waals surface area contributed by atoms with Crippen LogP contribution in [-0.4, -0.2) is 46.0 Å². The lowest BCUT2D eigenvalue weighted by Gasteiger charge is -2.10. The highest BCUT2D eigenvalue weighted by Crippen LogP contribution is 2.21. The number of ether oxygens (including phenoxy) is 1. The van der Waals surface area contributed by atoms with Crippen LogP contribution in [0, 0.1) is 0 Å². The highest BCUT2D eigenvalue weighted by Gasteiger charge is 2.17. The minimum Gasteiger partial charge on any atom is -0.383 e. The summed E-state index contributed by atoms with van der Waals surface area (Å²) in [6.07, 6.45) is 1.88. The second-order valence-corrected chi connectivity index (χ2v) is 5.26. The lowest BCUT2D eigenvalue weighted by atomic mass is 10.4. The van der Waals surface area contributed by atoms with Crippen LogP contribution in [0.1, 0.15) is 6.92 Å². The van der Waals surface area contributed by atoms with Gasteiger partial charge in [-0.15, -0.1) is 10.2 Å². The zero-order valence-electron chi connectivity index (χ0n) is 10.9. The topological polar surface area (TPSA) is 68.5 Å². The van der Waals surface area contributed by atoms with Gasteiger partial charge in [0.15, 0.2) is 10.8 Å². The first kappa shape index (κ1) is 13.8. The Kier molecular flexibility index (Phi) is 4.75. The van der Waals surface area contributed by atoms with Crippen molar-refractivity contribution >= 4 is 23.3 Å². The minimum absolute atomic E-state index is 0.0327. The maximum Gasteiger partial charge on any atom is 0.233 e. The van der Waals surface area contributed by atoms with Gasteiger partial charge in [0.1, 0.15) is 0 Å². The van der Waals surface area contributed by atoms with Crippen molar-refractivity contribution in [2.24, 2.45) is 0 Å². The fourth-order valence-electron chi connectivity index (χ4n) is 1.53. The molecule has 0 unspecified atom stereocenters. The second kappa shape index (κ2) is 6.53. The molecule has 6 nitrogen and oxygen atoms in total. The molecule has 2 aromatic heterocycles. The van der Waals surface area contributed by atoms with Gasteiger partial charge in [-0.3, -0.25) is 9.20 Å². The molecule has 0 aromatic carbocycles. The number of nitrogens with one attached hydrogen (secondary N) is 1. The highest BCUT2D eigenvalue weighted by atomic mass is 32.2. The van der Waals surface area contributed by atoms with Crippen LogP contribution < -0.4 is 5.32 Å². The average molecular weight is 280 g/mol. The van der Waals surface area contributed by atoms with Gasteiger partial charge in [-0.05, 0) is 19.1 Å². The van der Waals surface area contributed by atoms with Crippen LogP contribution in [0.25, 0.3) is 5.65 Å². The van der Waals surface area contributed by atoms with Crippen LogP contribution in [0.4, 0.5) is 0 Å². The number of hydrogen-bond donors (Lipinski definition) is 1. The Labute approximate surface area is 115 Å². The van der Waals surface area contributed by atoms with Crippen molar-refractivity contribution in [2.45, 2.75) is 17.3 Å². The Bertz CT molecular complexity index is 557. The largest absolute Gasteiger partial charge is 0.383 e. The van der Waals surface area contributed by atoms with Gasteiger partial charge >= 0.3 is 0 Å². The monoisotopic (exact) mass is 280 g/mol. The van der Waals surface area contributed by atoms with Crippen LogP contribution in [0.5, 0.6) is 0 Å². The normalized spacial score (nSPS) is 12.5. The van der Waals surface area contributed by atoms with E-state index in [1.807, 2.05) is 35.7 Å². The number of carbonyl (C=O) groups excluding carboxylic acids is 1. The Morgan fingerprint density at radius 2 is 2.37 bits per heavy atom. The van der Waals surface area contributed by atoms with E-state index in [0.717, 1.165) is 5.65 Å². The van der Waals surface area contributed by atoms with Crippen molar-refractivity contribution in [3.8, 4) is 0 Å². The van der Waals surface area contributed by atoms with E-state index in [-0.39, 0.29) is 11.2 Å². The molecular formula is C12H16N4O2S. The van der Waals surface area contributed by atoms with Crippen LogP contribution in [0.3, 0.4) is 0 Å². The molecule has 2 heterocycles. The van der Waals surface area contributed by atoms with Gasteiger partial charge in [-0.2, -0.15) is 0 Å². The average Bonchev–Trinajstić information content (AvgIpc) is 2.82. The van der Waals surface area contributed by atoms with Gasteiger partial charge in [0.2, 0.25) is 5.91 Å². The van der Waals surface area contributed by atoms with Crippen molar-refractivity contribution in [3.63, 3.8) is 0 Å². The molecule has 1 amide bonds. The highest BCUT2D eigenvalue weighted by molar-refractivity contribution is 8.00. The summed E-state index contributed by atoms with van der Waals surface area (Å²) in [5, 5.41) is 11.4. The van der Waals surface area contributed by atoms with E-state index >= 15 is 0 Å². The molecule has 0 radical (unpaired) electrons. The summed E-state index contributed by atoms with van der Waals surface area (Å²) in [4.78, 5) is 11.8. The maximum absolute atomic E-state index is 11.8. The molecular weight excluding hydrogens is 264 g/mol. The zero-order valence-corrected chi connectivity index (χ0v) is 11.7. The molecule has 1 atom stereocenters. The summed E-state index contributed by atoms with van der Waals surface area (Å²) in [5.41, 5.74) is 0.775. The quantitative estimate of drug-likeness (QED) is 0.631. The number of hydrogen-bond acceptors (Lipinski definition) is 5. The third kappa shape index (κ3) is 3.45. The van der Waals surface area contributed by atoms with Crippen molar-refractivity contribution in [1.29, 1.82) is 0 Å². The molecule has 102 valence electrons. The van der Waals surface area contributed by atoms with E-state index in [1.165, 1.54) is 11.8 Å². The molecule has 0 bridgehead atoms. The number of thioether (sulfide) groups is 1. The Morgan fingerprint density at radius 1 is 1.53 bits per heavy atom. The number of nitrogens with zero attached hydrogens (tertiary/aromatic N) is 3. The van der Waals surface area contributed by atoms with E-state index in [4.69, 9.17) is 4.74 Å². The van der Waals surface area contributed by atoms with Gasteiger partial charge in [-0.1, -0.05) is 17.8 Å². The maximum atomic E-state index is 11.8. The summed E-state index contributed by atoms with van der Waals surface area (Å²) in [5.74, 6) is -0.0327. The number of rotatable bonds is 6. The van der Waals surface area contributed by atoms with Gasteiger partial charge in [0.25, 0.3) is 0 Å². The Hall–Kier alpha value is -1.60. The third-order valence-corrected chi connectivity index (χ3v) is 3.60. The summed E-state index contributed by atoms with van der Waals surface area (Å²) in [6.45, 7) is 2.87.